The number of alkyl carbamates (subject to hydrolysis) is 1. The second-order valence-corrected chi connectivity index (χ2v) is 17.3. The molecule has 0 saturated carbocycles. The highest BCUT2D eigenvalue weighted by Crippen LogP contribution is 2.40. The number of hydrogen-bond donors (Lipinski definition) is 4. The van der Waals surface area contributed by atoms with Gasteiger partial charge in [0.1, 0.15) is 17.4 Å². The Kier molecular flexibility index (Phi) is 15.1. The number of thioether (sulfide) groups is 1. The highest BCUT2D eigenvalue weighted by Gasteiger charge is 2.30. The number of amidine groups is 1. The van der Waals surface area contributed by atoms with Crippen LogP contribution in [0.3, 0.4) is 0 Å². The number of sulfone groups is 1. The SMILES string of the molecule is CCCCCCCCCC(C(=O)Nc1cc(N)cc(C)c1-c1cccc(S(=O)(=O)c2cc(C(=N)NC(=O)OC(C)(C)C)sc2SC)c1)C(=O)OC. The number of ether oxygens (including phenoxy) is 2. The average Bonchev–Trinajstić information content (AvgIpc) is 3.50. The molecule has 5 N–H and O–H groups in total. The summed E-state index contributed by atoms with van der Waals surface area (Å²) in [5.41, 5.74) is 7.89. The highest BCUT2D eigenvalue weighted by atomic mass is 32.2. The molecule has 0 bridgehead atoms. The summed E-state index contributed by atoms with van der Waals surface area (Å²) in [6.07, 6.45) is 8.52. The van der Waals surface area contributed by atoms with Crippen molar-refractivity contribution in [3.8, 4) is 11.1 Å². The van der Waals surface area contributed by atoms with Gasteiger partial charge in [0.15, 0.2) is 0 Å². The van der Waals surface area contributed by atoms with Gasteiger partial charge in [-0.15, -0.1) is 23.1 Å². The lowest BCUT2D eigenvalue weighted by Gasteiger charge is -2.19. The molecule has 3 aromatic rings. The van der Waals surface area contributed by atoms with E-state index in [-0.39, 0.29) is 20.5 Å². The van der Waals surface area contributed by atoms with Crippen LogP contribution in [-0.2, 0) is 28.9 Å². The Morgan fingerprint density at radius 2 is 1.69 bits per heavy atom. The third kappa shape index (κ3) is 11.6. The van der Waals surface area contributed by atoms with Crippen LogP contribution < -0.4 is 16.4 Å². The van der Waals surface area contributed by atoms with Crippen molar-refractivity contribution < 1.29 is 32.3 Å². The van der Waals surface area contributed by atoms with Gasteiger partial charge in [0.05, 0.1) is 31.7 Å². The van der Waals surface area contributed by atoms with Gasteiger partial charge < -0.3 is 20.5 Å². The first-order valence-electron chi connectivity index (χ1n) is 16.9. The molecular weight excluding hydrogens is 709 g/mol. The first-order chi connectivity index (χ1) is 24.0. The number of unbranched alkanes of at least 4 members (excludes halogenated alkanes) is 6. The zero-order valence-electron chi connectivity index (χ0n) is 30.4. The van der Waals surface area contributed by atoms with Crippen LogP contribution in [0.2, 0.25) is 0 Å². The Bertz CT molecular complexity index is 1830. The van der Waals surface area contributed by atoms with Crippen LogP contribution in [0, 0.1) is 18.3 Å². The lowest BCUT2D eigenvalue weighted by atomic mass is 9.96. The maximum Gasteiger partial charge on any atom is 0.413 e. The van der Waals surface area contributed by atoms with Crippen LogP contribution in [0.25, 0.3) is 11.1 Å². The minimum atomic E-state index is -4.11. The molecule has 0 spiro atoms. The van der Waals surface area contributed by atoms with Crippen LogP contribution >= 0.6 is 23.1 Å². The number of nitrogens with two attached hydrogens (primary N) is 1. The molecule has 2 aromatic carbocycles. The van der Waals surface area contributed by atoms with Gasteiger partial charge in [-0.05, 0) is 81.8 Å². The summed E-state index contributed by atoms with van der Waals surface area (Å²) in [5.74, 6) is -2.45. The van der Waals surface area contributed by atoms with Crippen LogP contribution in [0.15, 0.2) is 56.5 Å². The Morgan fingerprint density at radius 3 is 2.31 bits per heavy atom. The van der Waals surface area contributed by atoms with Crippen LogP contribution in [0.4, 0.5) is 16.2 Å². The fourth-order valence-electron chi connectivity index (χ4n) is 5.54. The van der Waals surface area contributed by atoms with Crippen molar-refractivity contribution in [2.45, 2.75) is 106 Å². The number of nitrogens with one attached hydrogen (secondary N) is 3. The van der Waals surface area contributed by atoms with Crippen molar-refractivity contribution in [1.82, 2.24) is 5.32 Å². The molecule has 1 unspecified atom stereocenters. The first-order valence-corrected chi connectivity index (χ1v) is 20.5. The molecule has 0 aliphatic carbocycles. The van der Waals surface area contributed by atoms with Crippen LogP contribution in [0.5, 0.6) is 0 Å². The molecule has 0 aliphatic heterocycles. The number of rotatable bonds is 16. The topological polar surface area (TPSA) is 178 Å². The van der Waals surface area contributed by atoms with E-state index in [0.29, 0.717) is 45.1 Å². The first kappa shape index (κ1) is 41.5. The molecule has 2 amide bonds. The Morgan fingerprint density at radius 1 is 1.02 bits per heavy atom. The number of aryl methyl sites for hydroxylation is 1. The van der Waals surface area contributed by atoms with E-state index >= 15 is 0 Å². The predicted molar refractivity (Wildman–Crippen MR) is 206 cm³/mol. The van der Waals surface area contributed by atoms with E-state index in [1.807, 2.05) is 0 Å². The van der Waals surface area contributed by atoms with Gasteiger partial charge in [-0.1, -0.05) is 64.0 Å². The molecule has 3 rings (SSSR count). The number of nitrogen functional groups attached to an aromatic ring is 1. The molecule has 51 heavy (non-hydrogen) atoms. The lowest BCUT2D eigenvalue weighted by Crippen LogP contribution is -2.36. The van der Waals surface area contributed by atoms with Crippen molar-refractivity contribution in [2.24, 2.45) is 5.92 Å². The number of thiophene rings is 1. The molecule has 1 atom stereocenters. The number of anilines is 2. The molecule has 1 heterocycles. The third-order valence-corrected chi connectivity index (χ3v) is 12.3. The second kappa shape index (κ2) is 18.6. The monoisotopic (exact) mass is 758 g/mol. The molecule has 0 fully saturated rings. The van der Waals surface area contributed by atoms with Gasteiger partial charge in [-0.3, -0.25) is 20.3 Å². The number of hydrogen-bond acceptors (Lipinski definition) is 11. The van der Waals surface area contributed by atoms with Gasteiger partial charge in [-0.2, -0.15) is 0 Å². The highest BCUT2D eigenvalue weighted by molar-refractivity contribution is 8.01. The van der Waals surface area contributed by atoms with E-state index in [4.69, 9.17) is 20.6 Å². The molecule has 0 radical (unpaired) electrons. The number of esters is 1. The van der Waals surface area contributed by atoms with Gasteiger partial charge in [0, 0.05) is 11.3 Å². The third-order valence-electron chi connectivity index (χ3n) is 7.96. The summed E-state index contributed by atoms with van der Waals surface area (Å²) in [6, 6.07) is 11.0. The van der Waals surface area contributed by atoms with Gasteiger partial charge in [0.25, 0.3) is 0 Å². The Balaban J connectivity index is 1.93. The van der Waals surface area contributed by atoms with Crippen molar-refractivity contribution in [3.05, 3.63) is 52.9 Å². The van der Waals surface area contributed by atoms with Crippen LogP contribution in [-0.4, -0.2) is 51.2 Å². The second-order valence-electron chi connectivity index (χ2n) is 13.2. The zero-order chi connectivity index (χ0) is 37.9. The molecule has 0 saturated heterocycles. The predicted octanol–water partition coefficient (Wildman–Crippen LogP) is 8.58. The molecule has 0 aliphatic rings. The fourth-order valence-corrected chi connectivity index (χ4v) is 9.49. The van der Waals surface area contributed by atoms with Crippen molar-refractivity contribution in [1.29, 1.82) is 5.41 Å². The van der Waals surface area contributed by atoms with E-state index < -0.39 is 39.3 Å². The summed E-state index contributed by atoms with van der Waals surface area (Å²) in [6.45, 7) is 9.07. The smallest absolute Gasteiger partial charge is 0.413 e. The number of carbonyl (C=O) groups is 3. The molecule has 11 nitrogen and oxygen atoms in total. The largest absolute Gasteiger partial charge is 0.468 e. The average molecular weight is 759 g/mol. The summed E-state index contributed by atoms with van der Waals surface area (Å²) in [4.78, 5) is 38.8. The maximum absolute atomic E-state index is 14.1. The molecule has 278 valence electrons. The maximum atomic E-state index is 14.1. The minimum absolute atomic E-state index is 0.00303. The summed E-state index contributed by atoms with van der Waals surface area (Å²) >= 11 is 2.29. The van der Waals surface area contributed by atoms with Gasteiger partial charge in [-0.25, -0.2) is 13.2 Å². The van der Waals surface area contributed by atoms with Crippen molar-refractivity contribution >= 4 is 68.1 Å². The number of carbonyl (C=O) groups excluding carboxylic acids is 3. The fraction of sp³-hybridized carbons (Fsp3) is 0.459. The quantitative estimate of drug-likeness (QED) is 0.0212. The Hall–Kier alpha value is -3.88. The Labute approximate surface area is 309 Å². The van der Waals surface area contributed by atoms with E-state index in [2.05, 4.69) is 17.6 Å². The van der Waals surface area contributed by atoms with E-state index in [1.54, 1.807) is 58.2 Å². The zero-order valence-corrected chi connectivity index (χ0v) is 32.9. The lowest BCUT2D eigenvalue weighted by molar-refractivity contribution is -0.149. The minimum Gasteiger partial charge on any atom is -0.468 e. The summed E-state index contributed by atoms with van der Waals surface area (Å²) in [7, 11) is -2.85. The summed E-state index contributed by atoms with van der Waals surface area (Å²) in [5, 5.41) is 13.7. The summed E-state index contributed by atoms with van der Waals surface area (Å²) < 4.78 is 38.9. The van der Waals surface area contributed by atoms with E-state index in [1.165, 1.54) is 49.9 Å². The van der Waals surface area contributed by atoms with Crippen molar-refractivity contribution in [2.75, 3.05) is 24.4 Å². The van der Waals surface area contributed by atoms with Crippen molar-refractivity contribution in [3.63, 3.8) is 0 Å². The normalized spacial score (nSPS) is 12.2. The van der Waals surface area contributed by atoms with Gasteiger partial charge >= 0.3 is 12.1 Å². The van der Waals surface area contributed by atoms with E-state index in [0.717, 1.165) is 37.0 Å². The molecule has 1 aromatic heterocycles. The number of amides is 2. The molecular formula is C37H50N4O7S3. The molecule has 14 heteroatoms. The van der Waals surface area contributed by atoms with E-state index in [9.17, 15) is 22.8 Å². The number of benzene rings is 2. The van der Waals surface area contributed by atoms with Gasteiger partial charge in [0.2, 0.25) is 15.7 Å². The standard InChI is InChI=1S/C37H50N4O7S3/c1-8-9-10-11-12-13-14-18-27(34(43)47-6)33(42)40-28-21-25(38)19-23(2)31(28)24-16-15-17-26(20-24)51(45,46)30-22-29(50-35(30)49-7)32(39)41-36(44)48-37(3,4)5/h15-17,19-22,27H,8-14,18,38H2,1-7H3,(H,40,42)(H2,39,41,44). The number of methoxy groups -OCH3 is 1. The van der Waals surface area contributed by atoms with Crippen LogP contribution in [0.1, 0.15) is 89.5 Å².